The van der Waals surface area contributed by atoms with E-state index in [0.29, 0.717) is 35.1 Å². The number of phenolic OH excluding ortho intramolecular Hbond substituents is 1. The van der Waals surface area contributed by atoms with Gasteiger partial charge in [-0.1, -0.05) is 36.5 Å². The normalized spacial score (nSPS) is 20.7. The molecule has 3 aliphatic heterocycles. The third-order valence-electron chi connectivity index (χ3n) is 7.53. The molecule has 6 rings (SSSR count). The predicted octanol–water partition coefficient (Wildman–Crippen LogP) is 6.03. The molecule has 0 saturated carbocycles. The maximum Gasteiger partial charge on any atom is 0.491 e. The van der Waals surface area contributed by atoms with E-state index in [2.05, 4.69) is 0 Å². The summed E-state index contributed by atoms with van der Waals surface area (Å²) in [7, 11) is 0. The number of hydrogen-bond donors (Lipinski definition) is 1. The summed E-state index contributed by atoms with van der Waals surface area (Å²) in [4.78, 5) is 37.4. The number of carbonyl (C=O) groups is 3. The topological polar surface area (TPSA) is 108 Å². The van der Waals surface area contributed by atoms with Crippen LogP contribution in [0.2, 0.25) is 0 Å². The van der Waals surface area contributed by atoms with Gasteiger partial charge in [-0.25, -0.2) is 9.59 Å². The van der Waals surface area contributed by atoms with Crippen LogP contribution in [-0.4, -0.2) is 29.2 Å². The van der Waals surface area contributed by atoms with Gasteiger partial charge in [-0.2, -0.15) is 13.2 Å². The molecule has 216 valence electrons. The van der Waals surface area contributed by atoms with E-state index < -0.39 is 41.2 Å². The van der Waals surface area contributed by atoms with Crippen LogP contribution in [0.5, 0.6) is 28.7 Å². The van der Waals surface area contributed by atoms with Gasteiger partial charge < -0.3 is 24.1 Å². The summed E-state index contributed by atoms with van der Waals surface area (Å²) in [5, 5.41) is 11.3. The molecule has 2 aromatic rings. The minimum atomic E-state index is -5.26. The Balaban J connectivity index is 1.72. The van der Waals surface area contributed by atoms with E-state index in [-0.39, 0.29) is 46.8 Å². The zero-order valence-corrected chi connectivity index (χ0v) is 22.4. The fourth-order valence-electron chi connectivity index (χ4n) is 5.91. The van der Waals surface area contributed by atoms with Gasteiger partial charge in [0.15, 0.2) is 17.1 Å². The van der Waals surface area contributed by atoms with Gasteiger partial charge in [0.1, 0.15) is 11.5 Å². The number of ether oxygens (including phenoxy) is 4. The Morgan fingerprint density at radius 2 is 1.81 bits per heavy atom. The minimum absolute atomic E-state index is 0.0605. The average molecular weight is 581 g/mol. The Labute approximate surface area is 237 Å². The highest BCUT2D eigenvalue weighted by Crippen LogP contribution is 2.63. The maximum absolute atomic E-state index is 13.5. The Morgan fingerprint density at radius 3 is 2.52 bits per heavy atom. The van der Waals surface area contributed by atoms with E-state index >= 15 is 0 Å². The smallest absolute Gasteiger partial charge is 0.491 e. The molecule has 0 bridgehead atoms. The number of rotatable bonds is 3. The molecule has 2 aromatic carbocycles. The Morgan fingerprint density at radius 1 is 1.05 bits per heavy atom. The number of halogens is 3. The fraction of sp³-hybridized carbons (Fsp3) is 0.258. The molecule has 0 saturated heterocycles. The molecule has 1 N–H and O–H groups in total. The predicted molar refractivity (Wildman–Crippen MR) is 141 cm³/mol. The van der Waals surface area contributed by atoms with Crippen LogP contribution in [0, 0.1) is 0 Å². The first-order valence-corrected chi connectivity index (χ1v) is 13.2. The molecule has 3 heterocycles. The van der Waals surface area contributed by atoms with Crippen LogP contribution >= 0.6 is 0 Å². The first-order valence-electron chi connectivity index (χ1n) is 13.2. The summed E-state index contributed by atoms with van der Waals surface area (Å²) in [5.41, 5.74) is 0.639. The average Bonchev–Trinajstić information content (AvgIpc) is 3.20. The molecule has 42 heavy (non-hydrogen) atoms. The van der Waals surface area contributed by atoms with Gasteiger partial charge in [-0.3, -0.25) is 4.79 Å². The largest absolute Gasteiger partial charge is 0.502 e. The van der Waals surface area contributed by atoms with Crippen molar-refractivity contribution in [1.29, 1.82) is 0 Å². The number of phenols is 1. The molecule has 1 spiro atoms. The van der Waals surface area contributed by atoms with E-state index in [1.165, 1.54) is 0 Å². The summed E-state index contributed by atoms with van der Waals surface area (Å²) in [6.07, 6.45) is 5.76. The summed E-state index contributed by atoms with van der Waals surface area (Å²) in [5.74, 6) is -5.05. The molecule has 11 heteroatoms. The number of aromatic hydroxyl groups is 1. The van der Waals surface area contributed by atoms with Crippen LogP contribution in [0.15, 0.2) is 53.7 Å². The van der Waals surface area contributed by atoms with Crippen molar-refractivity contribution < 1.29 is 51.6 Å². The number of alkyl halides is 3. The lowest BCUT2D eigenvalue weighted by Gasteiger charge is -2.40. The standard InChI is InChI=1S/C31H23F3O8/c1-3-7-18-19(8-4-2)30(42-28(18)37)20-13-15-11-12-23(35)41-26(15)25(36)27(20)39-22-14-21(40-29(38)31(32,33)34)16-9-5-6-10-17(16)24(22)30/h3-5,7-9,13-14,36H,6,10-12H2,1-2H3/b7-3-,8-4-. The lowest BCUT2D eigenvalue weighted by atomic mass is 9.72. The van der Waals surface area contributed by atoms with Gasteiger partial charge in [0.05, 0.1) is 23.1 Å². The second-order valence-electron chi connectivity index (χ2n) is 10.0. The molecule has 0 radical (unpaired) electrons. The molecule has 1 atom stereocenters. The van der Waals surface area contributed by atoms with Crippen molar-refractivity contribution in [3.05, 3.63) is 81.5 Å². The fourth-order valence-corrected chi connectivity index (χ4v) is 5.91. The minimum Gasteiger partial charge on any atom is -0.502 e. The van der Waals surface area contributed by atoms with Gasteiger partial charge in [-0.15, -0.1) is 0 Å². The number of fused-ring (bicyclic) bond motifs is 7. The lowest BCUT2D eigenvalue weighted by Crippen LogP contribution is -2.36. The van der Waals surface area contributed by atoms with E-state index in [0.717, 1.165) is 6.07 Å². The highest BCUT2D eigenvalue weighted by molar-refractivity contribution is 5.99. The van der Waals surface area contributed by atoms with E-state index in [1.54, 1.807) is 56.4 Å². The van der Waals surface area contributed by atoms with Crippen LogP contribution in [0.3, 0.4) is 0 Å². The second-order valence-corrected chi connectivity index (χ2v) is 10.0. The van der Waals surface area contributed by atoms with E-state index in [1.807, 2.05) is 0 Å². The van der Waals surface area contributed by atoms with Crippen molar-refractivity contribution in [3.8, 4) is 28.7 Å². The van der Waals surface area contributed by atoms with Gasteiger partial charge >= 0.3 is 24.1 Å². The summed E-state index contributed by atoms with van der Waals surface area (Å²) in [6, 6.07) is 2.76. The van der Waals surface area contributed by atoms with Crippen LogP contribution in [0.1, 0.15) is 54.5 Å². The highest BCUT2D eigenvalue weighted by atomic mass is 19.4. The Bertz CT molecular complexity index is 1710. The molecule has 4 aliphatic rings. The Hall–Kier alpha value is -4.80. The van der Waals surface area contributed by atoms with Gasteiger partial charge in [0.25, 0.3) is 0 Å². The molecular formula is C31H23F3O8. The summed E-state index contributed by atoms with van der Waals surface area (Å²) >= 11 is 0. The molecule has 1 aliphatic carbocycles. The molecule has 0 amide bonds. The number of hydrogen-bond acceptors (Lipinski definition) is 8. The summed E-state index contributed by atoms with van der Waals surface area (Å²) in [6.45, 7) is 3.48. The molecule has 1 unspecified atom stereocenters. The highest BCUT2D eigenvalue weighted by Gasteiger charge is 2.57. The van der Waals surface area contributed by atoms with Gasteiger partial charge in [-0.05, 0) is 44.7 Å². The lowest BCUT2D eigenvalue weighted by molar-refractivity contribution is -0.189. The van der Waals surface area contributed by atoms with Crippen molar-refractivity contribution in [2.24, 2.45) is 0 Å². The first kappa shape index (κ1) is 27.4. The van der Waals surface area contributed by atoms with Crippen molar-refractivity contribution in [2.75, 3.05) is 0 Å². The zero-order valence-electron chi connectivity index (χ0n) is 22.4. The van der Waals surface area contributed by atoms with Crippen LogP contribution < -0.4 is 14.2 Å². The van der Waals surface area contributed by atoms with E-state index in [4.69, 9.17) is 18.9 Å². The number of esters is 3. The maximum atomic E-state index is 13.5. The third-order valence-corrected chi connectivity index (χ3v) is 7.53. The van der Waals surface area contributed by atoms with Gasteiger partial charge in [0, 0.05) is 22.8 Å². The first-order chi connectivity index (χ1) is 20.0. The second kappa shape index (κ2) is 9.64. The van der Waals surface area contributed by atoms with Crippen LogP contribution in [0.4, 0.5) is 13.2 Å². The number of carbonyl (C=O) groups excluding carboxylic acids is 3. The monoisotopic (exact) mass is 580 g/mol. The molecule has 8 nitrogen and oxygen atoms in total. The number of aryl methyl sites for hydroxylation is 1. The zero-order chi connectivity index (χ0) is 30.0. The van der Waals surface area contributed by atoms with Crippen LogP contribution in [-0.2, 0) is 37.6 Å². The van der Waals surface area contributed by atoms with Crippen molar-refractivity contribution in [2.45, 2.75) is 51.3 Å². The third kappa shape index (κ3) is 3.94. The van der Waals surface area contributed by atoms with E-state index in [9.17, 15) is 32.7 Å². The molecule has 0 fully saturated rings. The molecule has 0 aromatic heterocycles. The summed E-state index contributed by atoms with van der Waals surface area (Å²) < 4.78 is 62.1. The van der Waals surface area contributed by atoms with Crippen molar-refractivity contribution in [3.63, 3.8) is 0 Å². The molecular weight excluding hydrogens is 557 g/mol. The number of allylic oxidation sites excluding steroid dienone is 3. The van der Waals surface area contributed by atoms with Crippen LogP contribution in [0.25, 0.3) is 6.08 Å². The Kier molecular flexibility index (Phi) is 6.29. The number of benzene rings is 2. The van der Waals surface area contributed by atoms with Crippen molar-refractivity contribution >= 4 is 24.0 Å². The SMILES string of the molecule is C/C=C\C1=C(/C=C\C)C2(OC1=O)c1cc3c(c(O)c1Oc1cc(OC(=O)C(F)(F)F)c4c(c12)CCC=C4)OC(=O)CC3. The van der Waals surface area contributed by atoms with Gasteiger partial charge in [0.2, 0.25) is 5.75 Å². The quantitative estimate of drug-likeness (QED) is 0.347. The van der Waals surface area contributed by atoms with Crippen molar-refractivity contribution in [1.82, 2.24) is 0 Å².